The van der Waals surface area contributed by atoms with Crippen LogP contribution in [0, 0.1) is 11.3 Å². The van der Waals surface area contributed by atoms with Crippen molar-refractivity contribution in [1.82, 2.24) is 0 Å². The van der Waals surface area contributed by atoms with Gasteiger partial charge in [-0.15, -0.1) is 0 Å². The van der Waals surface area contributed by atoms with E-state index in [4.69, 9.17) is 32.0 Å². The van der Waals surface area contributed by atoms with E-state index in [0.717, 1.165) is 0 Å². The fraction of sp³-hybridized carbons (Fsp3) is 0.667. The number of hydrogen-bond donors (Lipinski definition) is 0. The van der Waals surface area contributed by atoms with Gasteiger partial charge in [0, 0.05) is 0 Å². The van der Waals surface area contributed by atoms with Crippen LogP contribution >= 0.6 is 26.8 Å². The second-order valence-electron chi connectivity index (χ2n) is 1.27. The van der Waals surface area contributed by atoms with E-state index < -0.39 is 15.0 Å². The standard InChI is InChI=1S/C3H4N.3ClH.Sn/c1-2-3-4;;;;/h1-2H2;3*1H;/q;;;;+3/p-3. The summed E-state index contributed by atoms with van der Waals surface area (Å²) in [6, 6.07) is 1.92. The van der Waals surface area contributed by atoms with Gasteiger partial charge in [0.2, 0.25) is 0 Å². The molecule has 0 radical (unpaired) electrons. The number of rotatable bonds is 2. The average Bonchev–Trinajstić information content (AvgIpc) is 1.59. The van der Waals surface area contributed by atoms with E-state index in [9.17, 15) is 0 Å². The first-order valence-electron chi connectivity index (χ1n) is 2.00. The molecule has 0 rings (SSSR count). The molecule has 0 amide bonds. The van der Waals surface area contributed by atoms with E-state index in [1.807, 2.05) is 6.07 Å². The molecule has 0 aliphatic heterocycles. The molecule has 0 aromatic heterocycles. The summed E-state index contributed by atoms with van der Waals surface area (Å²) in [6.07, 6.45) is 0.382. The van der Waals surface area contributed by atoms with Gasteiger partial charge in [0.1, 0.15) is 0 Å². The predicted octanol–water partition coefficient (Wildman–Crippen LogP) is 2.56. The van der Waals surface area contributed by atoms with E-state index >= 15 is 0 Å². The Kier molecular flexibility index (Phi) is 4.64. The normalized spacial score (nSPS) is 10.8. The molecule has 0 heterocycles. The Morgan fingerprint density at radius 3 is 2.00 bits per heavy atom. The summed E-state index contributed by atoms with van der Waals surface area (Å²) in [4.78, 5) is 0. The molecule has 46 valence electrons. The van der Waals surface area contributed by atoms with Gasteiger partial charge < -0.3 is 0 Å². The summed E-state index contributed by atoms with van der Waals surface area (Å²) in [6.45, 7) is 0. The van der Waals surface area contributed by atoms with Gasteiger partial charge in [-0.2, -0.15) is 0 Å². The Bertz CT molecular complexity index is 102. The molecule has 1 nitrogen and oxygen atoms in total. The molecule has 0 fully saturated rings. The van der Waals surface area contributed by atoms with Crippen molar-refractivity contribution < 1.29 is 0 Å². The maximum atomic E-state index is 8.04. The van der Waals surface area contributed by atoms with Crippen molar-refractivity contribution in [3.63, 3.8) is 0 Å². The SMILES string of the molecule is N#CC[CH2][Sn]([Cl])([Cl])[Cl]. The third kappa shape index (κ3) is 7.16. The molecule has 0 N–H and O–H groups in total. The number of nitriles is 1. The molecule has 5 heteroatoms. The zero-order valence-corrected chi connectivity index (χ0v) is 9.12. The minimum absolute atomic E-state index is 0.382. The molecule has 0 spiro atoms. The van der Waals surface area contributed by atoms with Gasteiger partial charge in [-0.05, 0) is 0 Å². The summed E-state index contributed by atoms with van der Waals surface area (Å²) < 4.78 is 0.510. The quantitative estimate of drug-likeness (QED) is 0.713. The van der Waals surface area contributed by atoms with Crippen molar-refractivity contribution in [2.45, 2.75) is 10.9 Å². The topological polar surface area (TPSA) is 23.8 Å². The van der Waals surface area contributed by atoms with Crippen molar-refractivity contribution in [3.8, 4) is 6.07 Å². The fourth-order valence-electron chi connectivity index (χ4n) is 0.198. The molecule has 0 saturated heterocycles. The molecule has 0 bridgehead atoms. The molecule has 0 aliphatic rings. The number of nitrogens with zero attached hydrogens (tertiary/aromatic N) is 1. The van der Waals surface area contributed by atoms with Gasteiger partial charge in [-0.1, -0.05) is 0 Å². The molecule has 0 unspecified atom stereocenters. The van der Waals surface area contributed by atoms with Gasteiger partial charge in [0.15, 0.2) is 0 Å². The molecule has 0 aliphatic carbocycles. The van der Waals surface area contributed by atoms with Crippen LogP contribution in [0.3, 0.4) is 0 Å². The first-order chi connectivity index (χ1) is 3.56. The summed E-state index contributed by atoms with van der Waals surface area (Å²) in [5.74, 6) is 0. The van der Waals surface area contributed by atoms with Crippen LogP contribution in [0.4, 0.5) is 0 Å². The Balaban J connectivity index is 3.28. The second-order valence-corrected chi connectivity index (χ2v) is 23.1. The molecular formula is C3H4Cl3NSn. The maximum absolute atomic E-state index is 8.04. The third-order valence-corrected chi connectivity index (χ3v) is 6.66. The Hall–Kier alpha value is 1.16. The van der Waals surface area contributed by atoms with Crippen LogP contribution < -0.4 is 0 Å². The fourth-order valence-corrected chi connectivity index (χ4v) is 3.23. The molecule has 0 atom stereocenters. The van der Waals surface area contributed by atoms with Crippen molar-refractivity contribution >= 4 is 41.8 Å². The van der Waals surface area contributed by atoms with Gasteiger partial charge in [0.25, 0.3) is 0 Å². The Labute approximate surface area is 63.5 Å². The average molecular weight is 279 g/mol. The van der Waals surface area contributed by atoms with E-state index in [-0.39, 0.29) is 0 Å². The first-order valence-corrected chi connectivity index (χ1v) is 14.9. The summed E-state index contributed by atoms with van der Waals surface area (Å²) in [5, 5.41) is 8.04. The molecule has 0 aromatic carbocycles. The van der Waals surface area contributed by atoms with Gasteiger partial charge in [-0.3, -0.25) is 0 Å². The molecule has 0 saturated carbocycles. The Morgan fingerprint density at radius 2 is 1.88 bits per heavy atom. The third-order valence-electron chi connectivity index (χ3n) is 0.520. The monoisotopic (exact) mass is 279 g/mol. The van der Waals surface area contributed by atoms with E-state index in [1.54, 1.807) is 0 Å². The summed E-state index contributed by atoms with van der Waals surface area (Å²) >= 11 is -3.11. The van der Waals surface area contributed by atoms with Gasteiger partial charge in [-0.25, -0.2) is 0 Å². The molecule has 8 heavy (non-hydrogen) atoms. The number of hydrogen-bond acceptors (Lipinski definition) is 1. The van der Waals surface area contributed by atoms with Crippen LogP contribution in [0.1, 0.15) is 6.42 Å². The zero-order chi connectivity index (χ0) is 6.62. The van der Waals surface area contributed by atoms with Crippen LogP contribution in [0.15, 0.2) is 0 Å². The Morgan fingerprint density at radius 1 is 1.38 bits per heavy atom. The number of halogens is 3. The van der Waals surface area contributed by atoms with Crippen molar-refractivity contribution in [2.24, 2.45) is 0 Å². The second kappa shape index (κ2) is 4.05. The minimum atomic E-state index is -3.11. The van der Waals surface area contributed by atoms with Crippen LogP contribution in [-0.4, -0.2) is 15.0 Å². The van der Waals surface area contributed by atoms with E-state index in [0.29, 0.717) is 10.9 Å². The van der Waals surface area contributed by atoms with E-state index in [2.05, 4.69) is 0 Å². The summed E-state index contributed by atoms with van der Waals surface area (Å²) in [5.41, 5.74) is 0. The van der Waals surface area contributed by atoms with Gasteiger partial charge in [0.05, 0.1) is 0 Å². The van der Waals surface area contributed by atoms with Crippen molar-refractivity contribution in [2.75, 3.05) is 0 Å². The van der Waals surface area contributed by atoms with Gasteiger partial charge >= 0.3 is 63.9 Å². The van der Waals surface area contributed by atoms with Crippen LogP contribution in [0.2, 0.25) is 4.44 Å². The van der Waals surface area contributed by atoms with Crippen LogP contribution in [0.5, 0.6) is 0 Å². The molecule has 0 aromatic rings. The summed E-state index contributed by atoms with van der Waals surface area (Å²) in [7, 11) is 16.5. The van der Waals surface area contributed by atoms with Crippen molar-refractivity contribution in [3.05, 3.63) is 0 Å². The molecular weight excluding hydrogens is 275 g/mol. The zero-order valence-electron chi connectivity index (χ0n) is 4.00. The van der Waals surface area contributed by atoms with E-state index in [1.165, 1.54) is 0 Å². The van der Waals surface area contributed by atoms with Crippen molar-refractivity contribution in [1.29, 1.82) is 5.26 Å². The first kappa shape index (κ1) is 9.16. The van der Waals surface area contributed by atoms with Crippen LogP contribution in [0.25, 0.3) is 0 Å². The van der Waals surface area contributed by atoms with Crippen LogP contribution in [-0.2, 0) is 0 Å². The predicted molar refractivity (Wildman–Crippen MR) is 38.4 cm³/mol.